The number of methoxy groups -OCH3 is 1. The van der Waals surface area contributed by atoms with Crippen LogP contribution in [0.3, 0.4) is 0 Å². The molecule has 0 bridgehead atoms. The van der Waals surface area contributed by atoms with E-state index in [1.54, 1.807) is 35.4 Å². The van der Waals surface area contributed by atoms with Crippen LogP contribution >= 0.6 is 11.8 Å². The van der Waals surface area contributed by atoms with Crippen LogP contribution in [0.15, 0.2) is 52.4 Å². The molecular formula is C14H12N4O3S. The van der Waals surface area contributed by atoms with Gasteiger partial charge in [0, 0.05) is 12.4 Å². The highest BCUT2D eigenvalue weighted by Crippen LogP contribution is 2.22. The van der Waals surface area contributed by atoms with Crippen LogP contribution in [0.5, 0.6) is 0 Å². The van der Waals surface area contributed by atoms with Gasteiger partial charge < -0.3 is 9.15 Å². The van der Waals surface area contributed by atoms with E-state index in [0.717, 1.165) is 5.03 Å². The third-order valence-corrected chi connectivity index (χ3v) is 3.75. The topological polar surface area (TPSA) is 83.0 Å². The minimum atomic E-state index is -0.485. The fraction of sp³-hybridized carbons (Fsp3) is 0.143. The predicted molar refractivity (Wildman–Crippen MR) is 78.8 cm³/mol. The van der Waals surface area contributed by atoms with E-state index in [4.69, 9.17) is 4.42 Å². The molecule has 8 heteroatoms. The number of hydrogen-bond donors (Lipinski definition) is 0. The van der Waals surface area contributed by atoms with Crippen molar-refractivity contribution in [3.63, 3.8) is 0 Å². The minimum Gasteiger partial charge on any atom is -0.463 e. The Morgan fingerprint density at radius 2 is 2.23 bits per heavy atom. The summed E-state index contributed by atoms with van der Waals surface area (Å²) in [4.78, 5) is 15.3. The summed E-state index contributed by atoms with van der Waals surface area (Å²) in [5.41, 5.74) is 0. The second-order valence-electron chi connectivity index (χ2n) is 4.25. The first-order valence-corrected chi connectivity index (χ1v) is 7.37. The van der Waals surface area contributed by atoms with Gasteiger partial charge in [-0.15, -0.1) is 10.2 Å². The molecule has 0 aliphatic rings. The normalized spacial score (nSPS) is 10.6. The summed E-state index contributed by atoms with van der Waals surface area (Å²) in [7, 11) is 1.32. The third-order valence-electron chi connectivity index (χ3n) is 2.81. The van der Waals surface area contributed by atoms with Crippen molar-refractivity contribution in [2.75, 3.05) is 7.11 Å². The summed E-state index contributed by atoms with van der Waals surface area (Å²) in [6.45, 7) is 0. The van der Waals surface area contributed by atoms with Crippen LogP contribution in [0.4, 0.5) is 0 Å². The number of carbonyl (C=O) groups excluding carboxylic acids is 1. The second-order valence-corrected chi connectivity index (χ2v) is 5.24. The molecule has 3 aromatic rings. The van der Waals surface area contributed by atoms with Gasteiger partial charge in [0.1, 0.15) is 17.1 Å². The van der Waals surface area contributed by atoms with E-state index in [-0.39, 0.29) is 5.76 Å². The van der Waals surface area contributed by atoms with E-state index >= 15 is 0 Å². The molecule has 112 valence electrons. The lowest BCUT2D eigenvalue weighted by atomic mass is 10.4. The first kappa shape index (κ1) is 14.3. The van der Waals surface area contributed by atoms with E-state index in [2.05, 4.69) is 19.9 Å². The van der Waals surface area contributed by atoms with Crippen molar-refractivity contribution in [1.82, 2.24) is 19.7 Å². The summed E-state index contributed by atoms with van der Waals surface area (Å²) in [6, 6.07) is 7.07. The van der Waals surface area contributed by atoms with Crippen molar-refractivity contribution >= 4 is 17.7 Å². The smallest absolute Gasteiger partial charge is 0.373 e. The van der Waals surface area contributed by atoms with Crippen LogP contribution in [-0.4, -0.2) is 32.8 Å². The Labute approximate surface area is 130 Å². The number of hydrogen-bond acceptors (Lipinski definition) is 7. The maximum absolute atomic E-state index is 11.3. The molecule has 0 aliphatic heterocycles. The lowest BCUT2D eigenvalue weighted by molar-refractivity contribution is 0.0563. The molecule has 0 saturated carbocycles. The van der Waals surface area contributed by atoms with Crippen LogP contribution in [0.25, 0.3) is 5.82 Å². The first-order valence-electron chi connectivity index (χ1n) is 6.38. The van der Waals surface area contributed by atoms with Crippen molar-refractivity contribution in [2.24, 2.45) is 0 Å². The van der Waals surface area contributed by atoms with Gasteiger partial charge in [0.2, 0.25) is 5.76 Å². The average Bonchev–Trinajstić information content (AvgIpc) is 3.24. The maximum Gasteiger partial charge on any atom is 0.373 e. The third kappa shape index (κ3) is 3.17. The standard InChI is InChI=1S/C14H12N4O3S/c1-20-14(19)11-3-2-10(21-11)8-22-13-5-4-12(16-17-13)18-7-6-15-9-18/h2-7,9H,8H2,1H3. The van der Waals surface area contributed by atoms with Crippen molar-refractivity contribution in [1.29, 1.82) is 0 Å². The van der Waals surface area contributed by atoms with Crippen molar-refractivity contribution in [3.8, 4) is 5.82 Å². The molecule has 3 rings (SSSR count). The Hall–Kier alpha value is -2.61. The summed E-state index contributed by atoms with van der Waals surface area (Å²) in [5.74, 6) is 1.63. The Morgan fingerprint density at radius 1 is 1.32 bits per heavy atom. The maximum atomic E-state index is 11.3. The zero-order valence-corrected chi connectivity index (χ0v) is 12.5. The molecule has 0 atom stereocenters. The molecule has 0 saturated heterocycles. The number of carbonyl (C=O) groups is 1. The number of thioether (sulfide) groups is 1. The summed E-state index contributed by atoms with van der Waals surface area (Å²) >= 11 is 1.47. The highest BCUT2D eigenvalue weighted by Gasteiger charge is 2.11. The van der Waals surface area contributed by atoms with E-state index in [1.807, 2.05) is 12.1 Å². The van der Waals surface area contributed by atoms with Gasteiger partial charge in [0.05, 0.1) is 12.9 Å². The summed E-state index contributed by atoms with van der Waals surface area (Å²) in [6.07, 6.45) is 5.14. The molecule has 0 aromatic carbocycles. The molecule has 0 spiro atoms. The van der Waals surface area contributed by atoms with Gasteiger partial charge in [-0.2, -0.15) is 0 Å². The molecule has 0 aliphatic carbocycles. The number of rotatable bonds is 5. The van der Waals surface area contributed by atoms with E-state index in [1.165, 1.54) is 18.9 Å². The zero-order valence-electron chi connectivity index (χ0n) is 11.7. The molecule has 0 unspecified atom stereocenters. The van der Waals surface area contributed by atoms with Crippen LogP contribution in [-0.2, 0) is 10.5 Å². The quantitative estimate of drug-likeness (QED) is 0.527. The van der Waals surface area contributed by atoms with Gasteiger partial charge in [-0.1, -0.05) is 11.8 Å². The zero-order chi connectivity index (χ0) is 15.4. The minimum absolute atomic E-state index is 0.194. The molecule has 0 N–H and O–H groups in total. The Morgan fingerprint density at radius 3 is 2.91 bits per heavy atom. The van der Waals surface area contributed by atoms with Crippen molar-refractivity contribution in [2.45, 2.75) is 10.8 Å². The lowest BCUT2D eigenvalue weighted by Crippen LogP contribution is -1.98. The number of ether oxygens (including phenoxy) is 1. The SMILES string of the molecule is COC(=O)c1ccc(CSc2ccc(-n3ccnc3)nn2)o1. The van der Waals surface area contributed by atoms with Crippen molar-refractivity contribution < 1.29 is 13.9 Å². The number of esters is 1. The highest BCUT2D eigenvalue weighted by atomic mass is 32.2. The number of imidazole rings is 1. The lowest BCUT2D eigenvalue weighted by Gasteiger charge is -2.01. The molecule has 22 heavy (non-hydrogen) atoms. The summed E-state index contributed by atoms with van der Waals surface area (Å²) in [5, 5.41) is 9.03. The van der Waals surface area contributed by atoms with E-state index in [9.17, 15) is 4.79 Å². The fourth-order valence-corrected chi connectivity index (χ4v) is 2.44. The molecule has 3 heterocycles. The average molecular weight is 316 g/mol. The molecule has 3 aromatic heterocycles. The van der Waals surface area contributed by atoms with Crippen LogP contribution in [0.1, 0.15) is 16.3 Å². The van der Waals surface area contributed by atoms with Gasteiger partial charge >= 0.3 is 5.97 Å². The summed E-state index contributed by atoms with van der Waals surface area (Å²) < 4.78 is 11.8. The van der Waals surface area contributed by atoms with E-state index < -0.39 is 5.97 Å². The van der Waals surface area contributed by atoms with E-state index in [0.29, 0.717) is 17.3 Å². The van der Waals surface area contributed by atoms with Crippen molar-refractivity contribution in [3.05, 3.63) is 54.5 Å². The molecule has 7 nitrogen and oxygen atoms in total. The second kappa shape index (κ2) is 6.44. The monoisotopic (exact) mass is 316 g/mol. The predicted octanol–water partition coefficient (Wildman–Crippen LogP) is 2.33. The Balaban J connectivity index is 1.62. The van der Waals surface area contributed by atoms with Gasteiger partial charge in [-0.05, 0) is 24.3 Å². The first-order chi connectivity index (χ1) is 10.8. The van der Waals surface area contributed by atoms with Gasteiger partial charge in [0.15, 0.2) is 5.82 Å². The molecule has 0 fully saturated rings. The van der Waals surface area contributed by atoms with Gasteiger partial charge in [0.25, 0.3) is 0 Å². The highest BCUT2D eigenvalue weighted by molar-refractivity contribution is 7.98. The Kier molecular flexibility index (Phi) is 4.19. The Bertz CT molecular complexity index is 753. The molecule has 0 radical (unpaired) electrons. The molecule has 0 amide bonds. The van der Waals surface area contributed by atoms with Gasteiger partial charge in [-0.3, -0.25) is 4.57 Å². The van der Waals surface area contributed by atoms with Crippen LogP contribution < -0.4 is 0 Å². The molecular weight excluding hydrogens is 304 g/mol. The largest absolute Gasteiger partial charge is 0.463 e. The van der Waals surface area contributed by atoms with Crippen LogP contribution in [0.2, 0.25) is 0 Å². The number of nitrogens with zero attached hydrogens (tertiary/aromatic N) is 4. The van der Waals surface area contributed by atoms with Crippen LogP contribution in [0, 0.1) is 0 Å². The van der Waals surface area contributed by atoms with Gasteiger partial charge in [-0.25, -0.2) is 9.78 Å². The fourth-order valence-electron chi connectivity index (χ4n) is 1.73. The number of aromatic nitrogens is 4. The number of furan rings is 1.